The monoisotopic (exact) mass is 231 g/mol. The van der Waals surface area contributed by atoms with E-state index in [1.54, 1.807) is 0 Å². The van der Waals surface area contributed by atoms with Crippen LogP contribution in [0.4, 0.5) is 0 Å². The lowest BCUT2D eigenvalue weighted by Gasteiger charge is -2.06. The fourth-order valence-corrected chi connectivity index (χ4v) is 1.73. The van der Waals surface area contributed by atoms with Gasteiger partial charge in [0.1, 0.15) is 23.9 Å². The van der Waals surface area contributed by atoms with Gasteiger partial charge in [0.15, 0.2) is 0 Å². The largest absolute Gasteiger partial charge is 0.485 e. The lowest BCUT2D eigenvalue weighted by molar-refractivity contribution is 0.264. The maximum atomic E-state index is 5.70. The fourth-order valence-electron chi connectivity index (χ4n) is 1.73. The molecule has 0 radical (unpaired) electrons. The molecule has 0 saturated heterocycles. The summed E-state index contributed by atoms with van der Waals surface area (Å²) < 4.78 is 11.3. The molecule has 2 N–H and O–H groups in total. The van der Waals surface area contributed by atoms with Crippen LogP contribution in [0.5, 0.6) is 5.75 Å². The van der Waals surface area contributed by atoms with E-state index in [9.17, 15) is 0 Å². The lowest BCUT2D eigenvalue weighted by Crippen LogP contribution is -1.96. The maximum Gasteiger partial charge on any atom is 0.146 e. The summed E-state index contributed by atoms with van der Waals surface area (Å²) in [6.45, 7) is 4.87. The molecule has 3 nitrogen and oxygen atoms in total. The van der Waals surface area contributed by atoms with Gasteiger partial charge in [-0.2, -0.15) is 0 Å². The third-order valence-electron chi connectivity index (χ3n) is 2.72. The zero-order valence-electron chi connectivity index (χ0n) is 10.2. The van der Waals surface area contributed by atoms with Crippen molar-refractivity contribution in [2.75, 3.05) is 0 Å². The Hall–Kier alpha value is -1.74. The fraction of sp³-hybridized carbons (Fsp3) is 0.286. The van der Waals surface area contributed by atoms with Crippen molar-refractivity contribution < 1.29 is 9.15 Å². The molecular weight excluding hydrogens is 214 g/mol. The number of nitrogens with two attached hydrogens (primary N) is 1. The Bertz CT molecular complexity index is 503. The number of hydrogen-bond acceptors (Lipinski definition) is 3. The molecule has 0 saturated carbocycles. The van der Waals surface area contributed by atoms with Crippen LogP contribution in [-0.2, 0) is 13.2 Å². The highest BCUT2D eigenvalue weighted by Gasteiger charge is 2.07. The predicted molar refractivity (Wildman–Crippen MR) is 66.8 cm³/mol. The van der Waals surface area contributed by atoms with Gasteiger partial charge in [-0.25, -0.2) is 0 Å². The minimum Gasteiger partial charge on any atom is -0.485 e. The second-order valence-electron chi connectivity index (χ2n) is 4.08. The average Bonchev–Trinajstić information content (AvgIpc) is 2.69. The zero-order chi connectivity index (χ0) is 12.3. The van der Waals surface area contributed by atoms with Gasteiger partial charge < -0.3 is 14.9 Å². The molecule has 1 aromatic carbocycles. The highest BCUT2D eigenvalue weighted by Crippen LogP contribution is 2.20. The third-order valence-corrected chi connectivity index (χ3v) is 2.72. The van der Waals surface area contributed by atoms with E-state index in [4.69, 9.17) is 14.9 Å². The number of hydrogen-bond donors (Lipinski definition) is 1. The topological polar surface area (TPSA) is 48.4 Å². The molecule has 0 spiro atoms. The molecule has 0 aliphatic heterocycles. The van der Waals surface area contributed by atoms with Crippen LogP contribution < -0.4 is 10.5 Å². The van der Waals surface area contributed by atoms with Crippen molar-refractivity contribution in [2.24, 2.45) is 5.73 Å². The Labute approximate surface area is 101 Å². The van der Waals surface area contributed by atoms with Crippen LogP contribution in [0, 0.1) is 13.8 Å². The molecule has 0 aliphatic rings. The number of benzene rings is 1. The van der Waals surface area contributed by atoms with Crippen molar-refractivity contribution in [3.8, 4) is 5.75 Å². The minimum absolute atomic E-state index is 0.427. The van der Waals surface area contributed by atoms with Crippen LogP contribution in [0.15, 0.2) is 34.7 Å². The van der Waals surface area contributed by atoms with Gasteiger partial charge in [-0.1, -0.05) is 18.2 Å². The second-order valence-corrected chi connectivity index (χ2v) is 4.08. The highest BCUT2D eigenvalue weighted by atomic mass is 16.5. The van der Waals surface area contributed by atoms with Gasteiger partial charge in [0.05, 0.1) is 6.54 Å². The molecule has 2 aromatic rings. The molecule has 2 rings (SSSR count). The molecular formula is C14H17NO2. The molecule has 90 valence electrons. The number of aryl methyl sites for hydroxylation is 2. The number of rotatable bonds is 4. The van der Waals surface area contributed by atoms with Crippen LogP contribution in [-0.4, -0.2) is 0 Å². The Kier molecular flexibility index (Phi) is 3.49. The predicted octanol–water partition coefficient (Wildman–Crippen LogP) is 2.93. The van der Waals surface area contributed by atoms with Crippen LogP contribution in [0.2, 0.25) is 0 Å². The van der Waals surface area contributed by atoms with Crippen molar-refractivity contribution in [2.45, 2.75) is 27.0 Å². The SMILES string of the molecule is Cc1ccccc1OCc1cc(C)c(CN)o1. The van der Waals surface area contributed by atoms with E-state index in [1.807, 2.05) is 44.2 Å². The molecule has 0 bridgehead atoms. The van der Waals surface area contributed by atoms with Gasteiger partial charge in [-0.3, -0.25) is 0 Å². The first-order chi connectivity index (χ1) is 8.20. The molecule has 1 heterocycles. The van der Waals surface area contributed by atoms with Crippen molar-refractivity contribution in [1.82, 2.24) is 0 Å². The minimum atomic E-state index is 0.427. The van der Waals surface area contributed by atoms with Crippen LogP contribution in [0.1, 0.15) is 22.6 Å². The summed E-state index contributed by atoms with van der Waals surface area (Å²) in [5.74, 6) is 2.52. The highest BCUT2D eigenvalue weighted by molar-refractivity contribution is 5.32. The standard InChI is InChI=1S/C14H17NO2/c1-10-5-3-4-6-13(10)16-9-12-7-11(2)14(8-15)17-12/h3-7H,8-9,15H2,1-2H3. The van der Waals surface area contributed by atoms with E-state index in [2.05, 4.69) is 0 Å². The number of ether oxygens (including phenoxy) is 1. The molecule has 0 atom stereocenters. The van der Waals surface area contributed by atoms with E-state index >= 15 is 0 Å². The zero-order valence-corrected chi connectivity index (χ0v) is 10.2. The summed E-state index contributed by atoms with van der Waals surface area (Å²) >= 11 is 0. The summed E-state index contributed by atoms with van der Waals surface area (Å²) in [5.41, 5.74) is 7.76. The van der Waals surface area contributed by atoms with Gasteiger partial charge in [0.2, 0.25) is 0 Å². The van der Waals surface area contributed by atoms with Gasteiger partial charge in [0, 0.05) is 0 Å². The summed E-state index contributed by atoms with van der Waals surface area (Å²) in [6, 6.07) is 9.90. The van der Waals surface area contributed by atoms with Crippen LogP contribution >= 0.6 is 0 Å². The Morgan fingerprint density at radius 2 is 1.94 bits per heavy atom. The lowest BCUT2D eigenvalue weighted by atomic mass is 10.2. The molecule has 0 amide bonds. The maximum absolute atomic E-state index is 5.70. The third kappa shape index (κ3) is 2.68. The van der Waals surface area contributed by atoms with Crippen molar-refractivity contribution >= 4 is 0 Å². The van der Waals surface area contributed by atoms with Crippen molar-refractivity contribution in [1.29, 1.82) is 0 Å². The summed E-state index contributed by atoms with van der Waals surface area (Å²) in [4.78, 5) is 0. The van der Waals surface area contributed by atoms with Gasteiger partial charge in [-0.05, 0) is 37.1 Å². The van der Waals surface area contributed by atoms with Gasteiger partial charge in [-0.15, -0.1) is 0 Å². The summed E-state index contributed by atoms with van der Waals surface area (Å²) in [7, 11) is 0. The van der Waals surface area contributed by atoms with Crippen LogP contribution in [0.25, 0.3) is 0 Å². The van der Waals surface area contributed by atoms with E-state index in [-0.39, 0.29) is 0 Å². The molecule has 1 aromatic heterocycles. The number of para-hydroxylation sites is 1. The van der Waals surface area contributed by atoms with E-state index in [0.29, 0.717) is 13.2 Å². The van der Waals surface area contributed by atoms with E-state index < -0.39 is 0 Å². The first kappa shape index (κ1) is 11.7. The van der Waals surface area contributed by atoms with Crippen molar-refractivity contribution in [3.63, 3.8) is 0 Å². The quantitative estimate of drug-likeness (QED) is 0.880. The molecule has 3 heteroatoms. The smallest absolute Gasteiger partial charge is 0.146 e. The van der Waals surface area contributed by atoms with E-state index in [1.165, 1.54) is 0 Å². The average molecular weight is 231 g/mol. The summed E-state index contributed by atoms with van der Waals surface area (Å²) in [6.07, 6.45) is 0. The molecule has 0 fully saturated rings. The summed E-state index contributed by atoms with van der Waals surface area (Å²) in [5, 5.41) is 0. The molecule has 0 aliphatic carbocycles. The first-order valence-electron chi connectivity index (χ1n) is 5.67. The Balaban J connectivity index is 2.05. The van der Waals surface area contributed by atoms with Gasteiger partial charge >= 0.3 is 0 Å². The Morgan fingerprint density at radius 3 is 2.59 bits per heavy atom. The van der Waals surface area contributed by atoms with E-state index in [0.717, 1.165) is 28.4 Å². The normalized spacial score (nSPS) is 10.5. The Morgan fingerprint density at radius 1 is 1.18 bits per heavy atom. The van der Waals surface area contributed by atoms with Gasteiger partial charge in [0.25, 0.3) is 0 Å². The van der Waals surface area contributed by atoms with Crippen LogP contribution in [0.3, 0.4) is 0 Å². The molecule has 17 heavy (non-hydrogen) atoms. The second kappa shape index (κ2) is 5.06. The number of furan rings is 1. The molecule has 0 unspecified atom stereocenters. The first-order valence-corrected chi connectivity index (χ1v) is 5.67. The van der Waals surface area contributed by atoms with Crippen molar-refractivity contribution in [3.05, 3.63) is 53.0 Å².